The molecule has 31 heavy (non-hydrogen) atoms. The number of nitrogens with one attached hydrogen (secondary N) is 1. The maximum atomic E-state index is 11.3. The first-order valence-corrected chi connectivity index (χ1v) is 10.8. The average Bonchev–Trinajstić information content (AvgIpc) is 3.38. The number of halogens is 1. The first-order chi connectivity index (χ1) is 15.0. The van der Waals surface area contributed by atoms with Crippen molar-refractivity contribution in [1.29, 1.82) is 0 Å². The summed E-state index contributed by atoms with van der Waals surface area (Å²) in [7, 11) is 1.63. The maximum Gasteiger partial charge on any atom is 0.306 e. The number of carboxylic acid groups (broad SMARTS) is 1. The summed E-state index contributed by atoms with van der Waals surface area (Å²) < 4.78 is 8.18. The lowest BCUT2D eigenvalue weighted by Gasteiger charge is -2.24. The topological polar surface area (TPSA) is 131 Å². The van der Waals surface area contributed by atoms with Crippen molar-refractivity contribution >= 4 is 44.1 Å². The number of aliphatic carboxylic acids is 1. The molecule has 0 radical (unpaired) electrons. The van der Waals surface area contributed by atoms with Crippen molar-refractivity contribution in [2.75, 3.05) is 12.8 Å². The Morgan fingerprint density at radius 1 is 1.32 bits per heavy atom. The number of ether oxygens (including phenoxy) is 1. The predicted octanol–water partition coefficient (Wildman–Crippen LogP) is 3.98. The van der Waals surface area contributed by atoms with E-state index >= 15 is 0 Å². The van der Waals surface area contributed by atoms with Crippen LogP contribution >= 0.6 is 15.9 Å². The van der Waals surface area contributed by atoms with E-state index in [1.807, 2.05) is 18.2 Å². The third-order valence-electron chi connectivity index (χ3n) is 6.11. The van der Waals surface area contributed by atoms with Gasteiger partial charge in [-0.1, -0.05) is 15.9 Å². The number of anilines is 1. The van der Waals surface area contributed by atoms with Gasteiger partial charge in [-0.25, -0.2) is 14.5 Å². The van der Waals surface area contributed by atoms with Gasteiger partial charge in [-0.3, -0.25) is 4.79 Å². The lowest BCUT2D eigenvalue weighted by Crippen LogP contribution is -2.21. The predicted molar refractivity (Wildman–Crippen MR) is 119 cm³/mol. The number of H-pyrrole nitrogens is 1. The Morgan fingerprint density at radius 2 is 2.10 bits per heavy atom. The molecule has 4 aromatic rings. The van der Waals surface area contributed by atoms with Crippen LogP contribution in [-0.2, 0) is 4.79 Å². The molecule has 1 fully saturated rings. The van der Waals surface area contributed by atoms with Crippen LogP contribution in [0.5, 0.6) is 5.75 Å². The normalized spacial score (nSPS) is 19.2. The zero-order valence-electron chi connectivity index (χ0n) is 16.8. The summed E-state index contributed by atoms with van der Waals surface area (Å²) in [6, 6.07) is 5.83. The lowest BCUT2D eigenvalue weighted by atomic mass is 9.82. The Hall–Kier alpha value is -3.14. The number of aromatic nitrogens is 5. The second-order valence-corrected chi connectivity index (χ2v) is 8.69. The van der Waals surface area contributed by atoms with E-state index in [-0.39, 0.29) is 11.8 Å². The molecule has 1 aromatic carbocycles. The number of carboxylic acids is 1. The summed E-state index contributed by atoms with van der Waals surface area (Å²) >= 11 is 3.60. The van der Waals surface area contributed by atoms with E-state index in [2.05, 4.69) is 31.0 Å². The molecule has 0 saturated heterocycles. The van der Waals surface area contributed by atoms with Crippen LogP contribution in [0.3, 0.4) is 0 Å². The van der Waals surface area contributed by atoms with Gasteiger partial charge < -0.3 is 20.6 Å². The molecule has 1 aliphatic carbocycles. The highest BCUT2D eigenvalue weighted by molar-refractivity contribution is 9.10. The molecule has 1 aliphatic rings. The molecule has 1 saturated carbocycles. The standard InChI is InChI=1S/C21H21BrN6O3/c1-31-15-7-6-13(22)12-8-14(26-16(12)15)17-18-19(23)24-9-25-28(18)20(27-17)10-2-4-11(5-3-10)21(29)30/h6-11,26H,2-5H2,1H3,(H,29,30)(H2,23,24,25)/t10-,11-. The van der Waals surface area contributed by atoms with Crippen LogP contribution < -0.4 is 10.5 Å². The molecule has 4 N–H and O–H groups in total. The fraction of sp³-hybridized carbons (Fsp3) is 0.333. The molecule has 0 atom stereocenters. The minimum atomic E-state index is -0.726. The molecule has 0 spiro atoms. The molecule has 3 heterocycles. The molecule has 5 rings (SSSR count). The number of carbonyl (C=O) groups is 1. The Balaban J connectivity index is 1.65. The number of nitrogen functional groups attached to an aromatic ring is 1. The fourth-order valence-corrected chi connectivity index (χ4v) is 4.93. The highest BCUT2D eigenvalue weighted by atomic mass is 79.9. The first kappa shape index (κ1) is 19.8. The Kier molecular flexibility index (Phi) is 4.81. The van der Waals surface area contributed by atoms with Gasteiger partial charge in [0.25, 0.3) is 0 Å². The minimum absolute atomic E-state index is 0.108. The third-order valence-corrected chi connectivity index (χ3v) is 6.80. The van der Waals surface area contributed by atoms with E-state index in [4.69, 9.17) is 15.5 Å². The van der Waals surface area contributed by atoms with Gasteiger partial charge >= 0.3 is 5.97 Å². The number of benzene rings is 1. The second-order valence-electron chi connectivity index (χ2n) is 7.83. The van der Waals surface area contributed by atoms with E-state index in [9.17, 15) is 9.90 Å². The summed E-state index contributed by atoms with van der Waals surface area (Å²) in [6.45, 7) is 0. The van der Waals surface area contributed by atoms with Crippen LogP contribution in [0.4, 0.5) is 5.82 Å². The fourth-order valence-electron chi connectivity index (χ4n) is 4.48. The van der Waals surface area contributed by atoms with Crippen LogP contribution in [0.1, 0.15) is 37.4 Å². The molecule has 9 nitrogen and oxygen atoms in total. The van der Waals surface area contributed by atoms with Crippen molar-refractivity contribution in [3.8, 4) is 17.1 Å². The maximum absolute atomic E-state index is 11.3. The smallest absolute Gasteiger partial charge is 0.306 e. The number of hydrogen-bond donors (Lipinski definition) is 3. The largest absolute Gasteiger partial charge is 0.495 e. The molecule has 0 bridgehead atoms. The molecule has 0 unspecified atom stereocenters. The summed E-state index contributed by atoms with van der Waals surface area (Å²) in [5.41, 5.74) is 9.18. The van der Waals surface area contributed by atoms with Crippen LogP contribution in [0.15, 0.2) is 29.0 Å². The van der Waals surface area contributed by atoms with Crippen molar-refractivity contribution in [2.24, 2.45) is 5.92 Å². The quantitative estimate of drug-likeness (QED) is 0.398. The van der Waals surface area contributed by atoms with Crippen molar-refractivity contribution < 1.29 is 14.6 Å². The van der Waals surface area contributed by atoms with E-state index < -0.39 is 5.97 Å². The van der Waals surface area contributed by atoms with Gasteiger partial charge in [0, 0.05) is 15.8 Å². The number of aromatic amines is 1. The van der Waals surface area contributed by atoms with Crippen LogP contribution in [-0.4, -0.2) is 42.8 Å². The molecule has 160 valence electrons. The molecule has 0 aliphatic heterocycles. The van der Waals surface area contributed by atoms with Gasteiger partial charge in [0.2, 0.25) is 0 Å². The van der Waals surface area contributed by atoms with Gasteiger partial charge in [-0.15, -0.1) is 0 Å². The number of nitrogens with two attached hydrogens (primary N) is 1. The Morgan fingerprint density at radius 3 is 2.81 bits per heavy atom. The zero-order chi connectivity index (χ0) is 21.7. The highest BCUT2D eigenvalue weighted by Gasteiger charge is 2.31. The number of hydrogen-bond acceptors (Lipinski definition) is 6. The van der Waals surface area contributed by atoms with Crippen LogP contribution in [0.25, 0.3) is 27.8 Å². The van der Waals surface area contributed by atoms with Crippen molar-refractivity contribution in [2.45, 2.75) is 31.6 Å². The zero-order valence-corrected chi connectivity index (χ0v) is 18.4. The summed E-state index contributed by atoms with van der Waals surface area (Å²) in [5.74, 6) is 0.943. The average molecular weight is 485 g/mol. The van der Waals surface area contributed by atoms with Crippen molar-refractivity contribution in [3.63, 3.8) is 0 Å². The van der Waals surface area contributed by atoms with Crippen LogP contribution in [0.2, 0.25) is 0 Å². The SMILES string of the molecule is COc1ccc(Br)c2cc(-c3nc([C@H]4CC[C@H](C(=O)O)CC4)n4ncnc(N)c34)[nH]c12. The Bertz CT molecular complexity index is 1310. The van der Waals surface area contributed by atoms with Gasteiger partial charge in [-0.05, 0) is 43.9 Å². The van der Waals surface area contributed by atoms with E-state index in [0.29, 0.717) is 29.9 Å². The number of fused-ring (bicyclic) bond motifs is 2. The van der Waals surface area contributed by atoms with Gasteiger partial charge in [0.1, 0.15) is 29.1 Å². The second kappa shape index (κ2) is 7.52. The minimum Gasteiger partial charge on any atom is -0.495 e. The first-order valence-electron chi connectivity index (χ1n) is 10.1. The van der Waals surface area contributed by atoms with Crippen LogP contribution in [0, 0.1) is 5.92 Å². The highest BCUT2D eigenvalue weighted by Crippen LogP contribution is 2.40. The van der Waals surface area contributed by atoms with E-state index in [0.717, 1.165) is 45.5 Å². The Labute approximate surface area is 185 Å². The monoisotopic (exact) mass is 484 g/mol. The number of rotatable bonds is 4. The third kappa shape index (κ3) is 3.21. The molecule has 3 aromatic heterocycles. The molecular formula is C21H21BrN6O3. The number of methoxy groups -OCH3 is 1. The van der Waals surface area contributed by atoms with Gasteiger partial charge in [0.15, 0.2) is 5.82 Å². The van der Waals surface area contributed by atoms with Gasteiger partial charge in [0.05, 0.1) is 24.2 Å². The molecular weight excluding hydrogens is 464 g/mol. The lowest BCUT2D eigenvalue weighted by molar-refractivity contribution is -0.142. The van der Waals surface area contributed by atoms with Crippen molar-refractivity contribution in [3.05, 3.63) is 34.8 Å². The van der Waals surface area contributed by atoms with Gasteiger partial charge in [-0.2, -0.15) is 5.10 Å². The summed E-state index contributed by atoms with van der Waals surface area (Å²) in [4.78, 5) is 23.9. The van der Waals surface area contributed by atoms with Crippen molar-refractivity contribution in [1.82, 2.24) is 24.6 Å². The van der Waals surface area contributed by atoms with E-state index in [1.165, 1.54) is 6.33 Å². The number of imidazole rings is 1. The molecule has 0 amide bonds. The van der Waals surface area contributed by atoms with E-state index in [1.54, 1.807) is 11.6 Å². The summed E-state index contributed by atoms with van der Waals surface area (Å²) in [5, 5.41) is 14.7. The number of nitrogens with zero attached hydrogens (tertiary/aromatic N) is 4. The molecule has 10 heteroatoms. The summed E-state index contributed by atoms with van der Waals surface area (Å²) in [6.07, 6.45) is 4.16.